The highest BCUT2D eigenvalue weighted by Crippen LogP contribution is 2.36. The monoisotopic (exact) mass is 551 g/mol. The average Bonchev–Trinajstić information content (AvgIpc) is 3.31. The van der Waals surface area contributed by atoms with Gasteiger partial charge < -0.3 is 24.1 Å². The second-order valence-corrected chi connectivity index (χ2v) is 10.7. The van der Waals surface area contributed by atoms with Crippen LogP contribution in [0.4, 0.5) is 0 Å². The van der Waals surface area contributed by atoms with E-state index in [0.717, 1.165) is 38.8 Å². The number of benzene rings is 2. The van der Waals surface area contributed by atoms with Crippen LogP contribution in [0.2, 0.25) is 0 Å². The number of aliphatic hydroxyl groups excluding tert-OH is 1. The van der Waals surface area contributed by atoms with E-state index in [1.807, 2.05) is 12.1 Å². The zero-order valence-electron chi connectivity index (χ0n) is 23.8. The van der Waals surface area contributed by atoms with Crippen molar-refractivity contribution in [1.29, 1.82) is 0 Å². The summed E-state index contributed by atoms with van der Waals surface area (Å²) >= 11 is 0. The van der Waals surface area contributed by atoms with Gasteiger partial charge in [-0.2, -0.15) is 0 Å². The van der Waals surface area contributed by atoms with Crippen LogP contribution in [-0.2, 0) is 30.2 Å². The molecule has 1 saturated carbocycles. The van der Waals surface area contributed by atoms with Gasteiger partial charge in [-0.1, -0.05) is 66.7 Å². The fourth-order valence-electron chi connectivity index (χ4n) is 5.92. The molecule has 1 N–H and O–H groups in total. The molecule has 0 spiro atoms. The number of morpholine rings is 1. The van der Waals surface area contributed by atoms with E-state index in [1.54, 1.807) is 0 Å². The highest BCUT2D eigenvalue weighted by atomic mass is 16.7. The van der Waals surface area contributed by atoms with Gasteiger partial charge in [0.2, 0.25) is 0 Å². The van der Waals surface area contributed by atoms with Crippen molar-refractivity contribution in [3.8, 4) is 11.1 Å². The number of esters is 1. The summed E-state index contributed by atoms with van der Waals surface area (Å²) in [6.07, 6.45) is 9.25. The molecule has 0 amide bonds. The van der Waals surface area contributed by atoms with Crippen LogP contribution in [0.15, 0.2) is 66.7 Å². The van der Waals surface area contributed by atoms with Crippen LogP contribution < -0.4 is 0 Å². The number of allylic oxidation sites excluding steroid dienone is 2. The summed E-state index contributed by atoms with van der Waals surface area (Å²) < 4.78 is 21.7. The topological polar surface area (TPSA) is 77.5 Å². The molecule has 218 valence electrons. The maximum atomic E-state index is 11.6. The molecule has 0 bridgehead atoms. The van der Waals surface area contributed by atoms with Gasteiger partial charge in [-0.15, -0.1) is 0 Å². The maximum absolute atomic E-state index is 11.6. The summed E-state index contributed by atoms with van der Waals surface area (Å²) in [5.74, 6) is 0.00738. The highest BCUT2D eigenvalue weighted by molar-refractivity contribution is 5.69. The second-order valence-electron chi connectivity index (χ2n) is 10.7. The van der Waals surface area contributed by atoms with Crippen molar-refractivity contribution in [2.45, 2.75) is 63.2 Å². The van der Waals surface area contributed by atoms with Crippen LogP contribution in [0.25, 0.3) is 11.1 Å². The second kappa shape index (κ2) is 16.7. The van der Waals surface area contributed by atoms with Gasteiger partial charge in [-0.05, 0) is 48.8 Å². The quantitative estimate of drug-likeness (QED) is 0.144. The number of hydrogen-bond acceptors (Lipinski definition) is 7. The van der Waals surface area contributed by atoms with E-state index >= 15 is 0 Å². The van der Waals surface area contributed by atoms with Gasteiger partial charge in [-0.3, -0.25) is 9.69 Å². The van der Waals surface area contributed by atoms with E-state index in [9.17, 15) is 9.90 Å². The van der Waals surface area contributed by atoms with Crippen molar-refractivity contribution in [1.82, 2.24) is 4.90 Å². The molecule has 0 aromatic heterocycles. The predicted molar refractivity (Wildman–Crippen MR) is 156 cm³/mol. The Morgan fingerprint density at radius 1 is 1.02 bits per heavy atom. The number of nitrogens with zero attached hydrogens (tertiary/aromatic N) is 1. The van der Waals surface area contributed by atoms with Gasteiger partial charge in [0.05, 0.1) is 25.4 Å². The minimum atomic E-state index is -0.391. The molecule has 2 aromatic carbocycles. The predicted octanol–water partition coefficient (Wildman–Crippen LogP) is 5.02. The van der Waals surface area contributed by atoms with Crippen LogP contribution >= 0.6 is 0 Å². The Bertz CT molecular complexity index is 1020. The molecule has 2 fully saturated rings. The molecule has 2 aromatic rings. The van der Waals surface area contributed by atoms with Crippen molar-refractivity contribution in [2.75, 3.05) is 46.8 Å². The Morgan fingerprint density at radius 2 is 1.75 bits per heavy atom. The van der Waals surface area contributed by atoms with Crippen LogP contribution in [0.3, 0.4) is 0 Å². The summed E-state index contributed by atoms with van der Waals surface area (Å²) in [5, 5.41) is 11.1. The Labute approximate surface area is 239 Å². The molecule has 4 atom stereocenters. The number of methoxy groups -OCH3 is 1. The standard InChI is InChI=1S/C33H45NO6/c1-37-25-40-32(36)14-8-3-2-7-13-29-31(24-30(35)33(29)34-19-22-38-23-20-34)39-21-9-10-26-15-17-28(18-16-26)27-11-5-4-6-12-27/h2-6,11-12,15-18,29-31,33,35H,7-10,13-14,19-25H2,1H3/b3-2-/t29?,30-,31+,33-/m1/s1. The Morgan fingerprint density at radius 3 is 2.50 bits per heavy atom. The maximum Gasteiger partial charge on any atom is 0.308 e. The Hall–Kier alpha value is -2.55. The number of carbonyl (C=O) groups is 1. The normalized spacial score (nSPS) is 23.6. The molecular formula is C33H45NO6. The molecule has 0 radical (unpaired) electrons. The van der Waals surface area contributed by atoms with E-state index in [2.05, 4.69) is 59.5 Å². The van der Waals surface area contributed by atoms with Crippen LogP contribution in [0.5, 0.6) is 0 Å². The first-order chi connectivity index (χ1) is 19.7. The smallest absolute Gasteiger partial charge is 0.308 e. The third-order valence-corrected chi connectivity index (χ3v) is 7.94. The molecule has 1 saturated heterocycles. The minimum Gasteiger partial charge on any atom is -0.438 e. The third kappa shape index (κ3) is 9.25. The van der Waals surface area contributed by atoms with Crippen molar-refractivity contribution in [3.63, 3.8) is 0 Å². The fraction of sp³-hybridized carbons (Fsp3) is 0.545. The fourth-order valence-corrected chi connectivity index (χ4v) is 5.92. The molecule has 1 heterocycles. The lowest BCUT2D eigenvalue weighted by Gasteiger charge is -2.38. The average molecular weight is 552 g/mol. The first-order valence-corrected chi connectivity index (χ1v) is 14.7. The van der Waals surface area contributed by atoms with Crippen molar-refractivity contribution >= 4 is 5.97 Å². The van der Waals surface area contributed by atoms with Crippen molar-refractivity contribution in [3.05, 3.63) is 72.3 Å². The van der Waals surface area contributed by atoms with Gasteiger partial charge in [0.1, 0.15) is 0 Å². The summed E-state index contributed by atoms with van der Waals surface area (Å²) in [6, 6.07) is 19.3. The first kappa shape index (κ1) is 30.4. The minimum absolute atomic E-state index is 0.00257. The van der Waals surface area contributed by atoms with Gasteiger partial charge in [0.25, 0.3) is 0 Å². The van der Waals surface area contributed by atoms with Gasteiger partial charge in [0.15, 0.2) is 6.79 Å². The van der Waals surface area contributed by atoms with Crippen molar-refractivity contribution in [2.24, 2.45) is 5.92 Å². The molecule has 1 unspecified atom stereocenters. The molecule has 4 rings (SSSR count). The highest BCUT2D eigenvalue weighted by Gasteiger charge is 2.45. The number of aryl methyl sites for hydroxylation is 1. The molecule has 1 aliphatic heterocycles. The zero-order chi connectivity index (χ0) is 28.0. The SMILES string of the molecule is COCOC(=O)CC/C=C\CCC1[C@@H](OCCCc2ccc(-c3ccccc3)cc2)C[C@@H](O)[C@@H]1N1CCOCC1. The van der Waals surface area contributed by atoms with Crippen LogP contribution in [-0.4, -0.2) is 81.0 Å². The molecule has 1 aliphatic carbocycles. The number of ether oxygens (including phenoxy) is 4. The van der Waals surface area contributed by atoms with Gasteiger partial charge in [-0.25, -0.2) is 0 Å². The Kier molecular flexibility index (Phi) is 12.7. The van der Waals surface area contributed by atoms with Crippen LogP contribution in [0, 0.1) is 5.92 Å². The van der Waals surface area contributed by atoms with Gasteiger partial charge >= 0.3 is 5.97 Å². The van der Waals surface area contributed by atoms with E-state index in [0.29, 0.717) is 39.1 Å². The molecular weight excluding hydrogens is 506 g/mol. The van der Waals surface area contributed by atoms with E-state index in [1.165, 1.54) is 23.8 Å². The summed E-state index contributed by atoms with van der Waals surface area (Å²) in [4.78, 5) is 14.0. The number of aliphatic hydroxyl groups is 1. The molecule has 7 heteroatoms. The van der Waals surface area contributed by atoms with Crippen LogP contribution in [0.1, 0.15) is 44.1 Å². The third-order valence-electron chi connectivity index (χ3n) is 7.94. The molecule has 40 heavy (non-hydrogen) atoms. The molecule has 2 aliphatic rings. The number of carbonyl (C=O) groups excluding carboxylic acids is 1. The summed E-state index contributed by atoms with van der Waals surface area (Å²) in [6.45, 7) is 3.81. The largest absolute Gasteiger partial charge is 0.438 e. The van der Waals surface area contributed by atoms with Gasteiger partial charge in [0, 0.05) is 51.6 Å². The number of rotatable bonds is 15. The van der Waals surface area contributed by atoms with Crippen molar-refractivity contribution < 1.29 is 28.8 Å². The number of hydrogen-bond donors (Lipinski definition) is 1. The summed E-state index contributed by atoms with van der Waals surface area (Å²) in [5.41, 5.74) is 3.78. The van der Waals surface area contributed by atoms with E-state index < -0.39 is 6.10 Å². The first-order valence-electron chi connectivity index (χ1n) is 14.7. The molecule has 7 nitrogen and oxygen atoms in total. The lowest BCUT2D eigenvalue weighted by atomic mass is 9.93. The van der Waals surface area contributed by atoms with E-state index in [-0.39, 0.29) is 30.8 Å². The lowest BCUT2D eigenvalue weighted by Crippen LogP contribution is -2.50. The zero-order valence-corrected chi connectivity index (χ0v) is 23.8. The Balaban J connectivity index is 1.25. The lowest BCUT2D eigenvalue weighted by molar-refractivity contribution is -0.153. The summed E-state index contributed by atoms with van der Waals surface area (Å²) in [7, 11) is 1.50. The van der Waals surface area contributed by atoms with E-state index in [4.69, 9.17) is 18.9 Å².